The average molecular weight is 440 g/mol. The molecule has 1 amide bonds. The quantitative estimate of drug-likeness (QED) is 0.390. The van der Waals surface area contributed by atoms with Crippen LogP contribution in [0, 0.1) is 0 Å². The lowest BCUT2D eigenvalue weighted by Gasteiger charge is -2.33. The molecule has 0 aromatic heterocycles. The Labute approximate surface area is 182 Å². The molecular weight excluding hydrogens is 407 g/mol. The first-order valence-electron chi connectivity index (χ1n) is 10.3. The van der Waals surface area contributed by atoms with E-state index in [1.165, 1.54) is 11.0 Å². The van der Waals surface area contributed by atoms with Gasteiger partial charge in [-0.3, -0.25) is 9.69 Å². The van der Waals surface area contributed by atoms with Crippen LogP contribution < -0.4 is 10.6 Å². The zero-order valence-corrected chi connectivity index (χ0v) is 18.4. The second-order valence-electron chi connectivity index (χ2n) is 8.16. The van der Waals surface area contributed by atoms with E-state index in [4.69, 9.17) is 0 Å². The van der Waals surface area contributed by atoms with Gasteiger partial charge in [-0.25, -0.2) is 4.99 Å². The SMILES string of the molecule is C=C(C)CN1CCC(NC(=NCc2cccc(C(F)(F)F)c2)NCC(=O)N(C)C)CC1. The number of carbonyl (C=O) groups excluding carboxylic acids is 1. The molecule has 1 aliphatic rings. The molecule has 0 unspecified atom stereocenters. The van der Waals surface area contributed by atoms with E-state index in [9.17, 15) is 18.0 Å². The number of aliphatic imine (C=N–C) groups is 1. The third-order valence-corrected chi connectivity index (χ3v) is 5.00. The Morgan fingerprint density at radius 3 is 2.55 bits per heavy atom. The molecule has 0 bridgehead atoms. The van der Waals surface area contributed by atoms with E-state index in [2.05, 4.69) is 27.1 Å². The van der Waals surface area contributed by atoms with E-state index >= 15 is 0 Å². The van der Waals surface area contributed by atoms with Crippen LogP contribution in [0.2, 0.25) is 0 Å². The number of nitrogens with one attached hydrogen (secondary N) is 2. The standard InChI is InChI=1S/C22H32F3N5O/c1-16(2)15-30-10-8-19(9-11-30)28-21(27-14-20(31)29(3)4)26-13-17-6-5-7-18(12-17)22(23,24)25/h5-7,12,19H,1,8-11,13-15H2,2-4H3,(H2,26,27,28). The van der Waals surface area contributed by atoms with Crippen molar-refractivity contribution in [2.75, 3.05) is 40.3 Å². The molecular formula is C22H32F3N5O. The average Bonchev–Trinajstić information content (AvgIpc) is 2.70. The third-order valence-electron chi connectivity index (χ3n) is 5.00. The number of hydrogen-bond acceptors (Lipinski definition) is 3. The molecule has 0 aliphatic carbocycles. The molecule has 1 aliphatic heterocycles. The van der Waals surface area contributed by atoms with Crippen molar-refractivity contribution in [3.63, 3.8) is 0 Å². The lowest BCUT2D eigenvalue weighted by molar-refractivity contribution is -0.137. The van der Waals surface area contributed by atoms with Crippen molar-refractivity contribution < 1.29 is 18.0 Å². The fraction of sp³-hybridized carbons (Fsp3) is 0.545. The summed E-state index contributed by atoms with van der Waals surface area (Å²) in [5.74, 6) is 0.302. The minimum absolute atomic E-state index is 0.0515. The number of alkyl halides is 3. The number of nitrogens with zero attached hydrogens (tertiary/aromatic N) is 3. The molecule has 1 fully saturated rings. The summed E-state index contributed by atoms with van der Waals surface area (Å²) in [5, 5.41) is 6.34. The van der Waals surface area contributed by atoms with Gasteiger partial charge in [-0.2, -0.15) is 13.2 Å². The van der Waals surface area contributed by atoms with Gasteiger partial charge in [-0.1, -0.05) is 24.3 Å². The first-order chi connectivity index (χ1) is 14.5. The number of benzene rings is 1. The van der Waals surface area contributed by atoms with E-state index in [1.807, 2.05) is 6.92 Å². The molecule has 172 valence electrons. The lowest BCUT2D eigenvalue weighted by Crippen LogP contribution is -2.50. The maximum atomic E-state index is 13.0. The normalized spacial score (nSPS) is 16.1. The van der Waals surface area contributed by atoms with Gasteiger partial charge in [0.1, 0.15) is 0 Å². The molecule has 6 nitrogen and oxygen atoms in total. The number of likely N-dealkylation sites (tertiary alicyclic amines) is 1. The highest BCUT2D eigenvalue weighted by Gasteiger charge is 2.30. The van der Waals surface area contributed by atoms with E-state index in [0.29, 0.717) is 11.5 Å². The topological polar surface area (TPSA) is 60.0 Å². The summed E-state index contributed by atoms with van der Waals surface area (Å²) in [6, 6.07) is 5.29. The Kier molecular flexibility index (Phi) is 8.91. The highest BCUT2D eigenvalue weighted by atomic mass is 19.4. The number of hydrogen-bond donors (Lipinski definition) is 2. The summed E-state index contributed by atoms with van der Waals surface area (Å²) in [6.45, 7) is 8.80. The zero-order chi connectivity index (χ0) is 23.0. The van der Waals surface area contributed by atoms with Crippen molar-refractivity contribution in [3.05, 3.63) is 47.5 Å². The van der Waals surface area contributed by atoms with Crippen LogP contribution in [0.5, 0.6) is 0 Å². The van der Waals surface area contributed by atoms with E-state index in [0.717, 1.165) is 50.2 Å². The molecule has 31 heavy (non-hydrogen) atoms. The van der Waals surface area contributed by atoms with Gasteiger partial charge in [0, 0.05) is 39.8 Å². The first-order valence-corrected chi connectivity index (χ1v) is 10.3. The largest absolute Gasteiger partial charge is 0.416 e. The molecule has 1 aromatic rings. The molecule has 0 radical (unpaired) electrons. The van der Waals surface area contributed by atoms with Gasteiger partial charge in [0.2, 0.25) is 5.91 Å². The van der Waals surface area contributed by atoms with Crippen LogP contribution in [0.1, 0.15) is 30.9 Å². The summed E-state index contributed by atoms with van der Waals surface area (Å²) in [4.78, 5) is 20.2. The van der Waals surface area contributed by atoms with Crippen molar-refractivity contribution in [1.82, 2.24) is 20.4 Å². The Balaban J connectivity index is 2.04. The van der Waals surface area contributed by atoms with Crippen LogP contribution in [-0.4, -0.2) is 68.0 Å². The molecule has 2 rings (SSSR count). The molecule has 1 saturated heterocycles. The van der Waals surface area contributed by atoms with Crippen molar-refractivity contribution in [3.8, 4) is 0 Å². The first kappa shape index (κ1) is 24.7. The Hall–Kier alpha value is -2.55. The van der Waals surface area contributed by atoms with Gasteiger partial charge in [0.25, 0.3) is 0 Å². The maximum Gasteiger partial charge on any atom is 0.416 e. The molecule has 1 aromatic carbocycles. The summed E-state index contributed by atoms with van der Waals surface area (Å²) < 4.78 is 38.9. The Morgan fingerprint density at radius 2 is 1.97 bits per heavy atom. The number of amides is 1. The number of halogens is 3. The smallest absolute Gasteiger partial charge is 0.354 e. The van der Waals surface area contributed by atoms with Crippen LogP contribution in [0.15, 0.2) is 41.4 Å². The van der Waals surface area contributed by atoms with E-state index in [-0.39, 0.29) is 25.0 Å². The van der Waals surface area contributed by atoms with Crippen molar-refractivity contribution >= 4 is 11.9 Å². The molecule has 0 spiro atoms. The van der Waals surface area contributed by atoms with Crippen LogP contribution in [0.3, 0.4) is 0 Å². The summed E-state index contributed by atoms with van der Waals surface area (Å²) in [5.41, 5.74) is 0.875. The highest BCUT2D eigenvalue weighted by Crippen LogP contribution is 2.29. The number of guanidine groups is 1. The predicted molar refractivity (Wildman–Crippen MR) is 117 cm³/mol. The Morgan fingerprint density at radius 1 is 1.29 bits per heavy atom. The molecule has 9 heteroatoms. The second-order valence-corrected chi connectivity index (χ2v) is 8.16. The van der Waals surface area contributed by atoms with Gasteiger partial charge in [0.05, 0.1) is 18.7 Å². The van der Waals surface area contributed by atoms with Crippen molar-refractivity contribution in [2.45, 2.75) is 38.5 Å². The van der Waals surface area contributed by atoms with E-state index in [1.54, 1.807) is 20.2 Å². The predicted octanol–water partition coefficient (Wildman–Crippen LogP) is 2.87. The van der Waals surface area contributed by atoms with Crippen LogP contribution >= 0.6 is 0 Å². The molecule has 0 atom stereocenters. The van der Waals surface area contributed by atoms with Crippen LogP contribution in [0.4, 0.5) is 13.2 Å². The number of carbonyl (C=O) groups is 1. The van der Waals surface area contributed by atoms with Crippen molar-refractivity contribution in [1.29, 1.82) is 0 Å². The lowest BCUT2D eigenvalue weighted by atomic mass is 10.0. The fourth-order valence-electron chi connectivity index (χ4n) is 3.30. The monoisotopic (exact) mass is 439 g/mol. The fourth-order valence-corrected chi connectivity index (χ4v) is 3.30. The summed E-state index contributed by atoms with van der Waals surface area (Å²) in [7, 11) is 3.32. The highest BCUT2D eigenvalue weighted by molar-refractivity contribution is 5.86. The Bertz CT molecular complexity index is 784. The van der Waals surface area contributed by atoms with Crippen LogP contribution in [-0.2, 0) is 17.5 Å². The molecule has 1 heterocycles. The third kappa shape index (κ3) is 8.61. The summed E-state index contributed by atoms with van der Waals surface area (Å²) >= 11 is 0. The van der Waals surface area contributed by atoms with Gasteiger partial charge in [-0.15, -0.1) is 0 Å². The van der Waals surface area contributed by atoms with Crippen LogP contribution in [0.25, 0.3) is 0 Å². The van der Waals surface area contributed by atoms with Gasteiger partial charge < -0.3 is 15.5 Å². The minimum Gasteiger partial charge on any atom is -0.354 e. The second kappa shape index (κ2) is 11.2. The molecule has 2 N–H and O–H groups in total. The maximum absolute atomic E-state index is 13.0. The summed E-state index contributed by atoms with van der Waals surface area (Å²) in [6.07, 6.45) is -2.59. The number of piperidine rings is 1. The molecule has 0 saturated carbocycles. The minimum atomic E-state index is -4.39. The van der Waals surface area contributed by atoms with Gasteiger partial charge in [0.15, 0.2) is 5.96 Å². The van der Waals surface area contributed by atoms with Gasteiger partial charge >= 0.3 is 6.18 Å². The number of likely N-dealkylation sites (N-methyl/N-ethyl adjacent to an activating group) is 1. The van der Waals surface area contributed by atoms with E-state index < -0.39 is 11.7 Å². The number of rotatable bonds is 7. The zero-order valence-electron chi connectivity index (χ0n) is 18.4. The van der Waals surface area contributed by atoms with Crippen molar-refractivity contribution in [2.24, 2.45) is 4.99 Å². The van der Waals surface area contributed by atoms with Gasteiger partial charge in [-0.05, 0) is 37.5 Å².